The van der Waals surface area contributed by atoms with E-state index in [9.17, 15) is 9.18 Å². The molecule has 0 aliphatic rings. The van der Waals surface area contributed by atoms with Gasteiger partial charge in [-0.2, -0.15) is 0 Å². The van der Waals surface area contributed by atoms with Gasteiger partial charge in [0.1, 0.15) is 5.82 Å². The lowest BCUT2D eigenvalue weighted by molar-refractivity contribution is -0.123. The average molecular weight is 268 g/mol. The van der Waals surface area contributed by atoms with Gasteiger partial charge < -0.3 is 11.1 Å². The van der Waals surface area contributed by atoms with Crippen molar-refractivity contribution in [2.75, 3.05) is 0 Å². The number of nitrogens with one attached hydrogen (secondary N) is 1. The van der Waals surface area contributed by atoms with E-state index in [1.54, 1.807) is 12.1 Å². The zero-order chi connectivity index (χ0) is 13.5. The quantitative estimate of drug-likeness (QED) is 0.777. The summed E-state index contributed by atoms with van der Waals surface area (Å²) in [7, 11) is 0. The Kier molecular flexibility index (Phi) is 5.71. The molecule has 3 nitrogen and oxygen atoms in total. The Morgan fingerprint density at radius 1 is 1.44 bits per heavy atom. The summed E-state index contributed by atoms with van der Waals surface area (Å²) in [6, 6.07) is 5.98. The van der Waals surface area contributed by atoms with Gasteiger partial charge in [0.25, 0.3) is 0 Å². The highest BCUT2D eigenvalue weighted by Gasteiger charge is 2.19. The summed E-state index contributed by atoms with van der Waals surface area (Å²) >= 11 is 4.87. The molecule has 1 aromatic carbocycles. The maximum atomic E-state index is 12.7. The third-order valence-corrected chi connectivity index (χ3v) is 2.90. The summed E-state index contributed by atoms with van der Waals surface area (Å²) in [5.74, 6) is -0.892. The second-order valence-corrected chi connectivity index (χ2v) is 4.56. The molecule has 0 saturated carbocycles. The van der Waals surface area contributed by atoms with Gasteiger partial charge in [0, 0.05) is 6.54 Å². The van der Waals surface area contributed by atoms with Crippen LogP contribution in [0.15, 0.2) is 24.3 Å². The average Bonchev–Trinajstić information content (AvgIpc) is 2.34. The maximum Gasteiger partial charge on any atom is 0.230 e. The van der Waals surface area contributed by atoms with Crippen molar-refractivity contribution in [3.8, 4) is 0 Å². The monoisotopic (exact) mass is 268 g/mol. The summed E-state index contributed by atoms with van der Waals surface area (Å²) < 4.78 is 12.7. The Balaban J connectivity index is 2.53. The summed E-state index contributed by atoms with van der Waals surface area (Å²) in [5, 5.41) is 2.76. The van der Waals surface area contributed by atoms with Crippen molar-refractivity contribution in [2.45, 2.75) is 26.3 Å². The molecule has 0 heterocycles. The molecule has 1 atom stereocenters. The number of hydrogen-bond acceptors (Lipinski definition) is 2. The van der Waals surface area contributed by atoms with E-state index in [2.05, 4.69) is 5.32 Å². The molecule has 18 heavy (non-hydrogen) atoms. The number of halogens is 1. The molecule has 0 fully saturated rings. The van der Waals surface area contributed by atoms with Gasteiger partial charge in [-0.1, -0.05) is 37.7 Å². The predicted molar refractivity (Wildman–Crippen MR) is 73.4 cm³/mol. The standard InChI is InChI=1S/C13H17FN2OS/c1-2-3-11(12(15)18)13(17)16-8-9-4-6-10(14)7-5-9/h4-7,11H,2-3,8H2,1H3,(H2,15,18)(H,16,17). The topological polar surface area (TPSA) is 55.1 Å². The smallest absolute Gasteiger partial charge is 0.230 e. The number of benzene rings is 1. The Hall–Kier alpha value is -1.49. The lowest BCUT2D eigenvalue weighted by Crippen LogP contribution is -2.37. The highest BCUT2D eigenvalue weighted by molar-refractivity contribution is 7.80. The zero-order valence-corrected chi connectivity index (χ0v) is 11.1. The fraction of sp³-hybridized carbons (Fsp3) is 0.385. The predicted octanol–water partition coefficient (Wildman–Crippen LogP) is 2.14. The molecule has 1 aromatic rings. The Morgan fingerprint density at radius 2 is 2.06 bits per heavy atom. The van der Waals surface area contributed by atoms with Gasteiger partial charge in [-0.25, -0.2) is 4.39 Å². The van der Waals surface area contributed by atoms with Crippen LogP contribution in [0.1, 0.15) is 25.3 Å². The third-order valence-electron chi connectivity index (χ3n) is 2.62. The van der Waals surface area contributed by atoms with Gasteiger partial charge in [-0.3, -0.25) is 4.79 Å². The van der Waals surface area contributed by atoms with E-state index in [0.717, 1.165) is 12.0 Å². The number of hydrogen-bond donors (Lipinski definition) is 2. The Labute approximate surface area is 112 Å². The van der Waals surface area contributed by atoms with Crippen LogP contribution in [-0.4, -0.2) is 10.9 Å². The van der Waals surface area contributed by atoms with E-state index >= 15 is 0 Å². The highest BCUT2D eigenvalue weighted by atomic mass is 32.1. The van der Waals surface area contributed by atoms with E-state index in [-0.39, 0.29) is 16.7 Å². The van der Waals surface area contributed by atoms with E-state index in [4.69, 9.17) is 18.0 Å². The minimum absolute atomic E-state index is 0.173. The molecule has 0 aliphatic carbocycles. The third kappa shape index (κ3) is 4.41. The number of rotatable bonds is 6. The summed E-state index contributed by atoms with van der Waals surface area (Å²) in [6.07, 6.45) is 1.48. The molecule has 1 rings (SSSR count). The molecule has 0 saturated heterocycles. The first-order chi connectivity index (χ1) is 8.54. The lowest BCUT2D eigenvalue weighted by atomic mass is 10.0. The molecule has 0 radical (unpaired) electrons. The number of thiocarbonyl (C=S) groups is 1. The fourth-order valence-corrected chi connectivity index (χ4v) is 1.83. The van der Waals surface area contributed by atoms with Gasteiger partial charge in [0.15, 0.2) is 0 Å². The minimum Gasteiger partial charge on any atom is -0.393 e. The fourth-order valence-electron chi connectivity index (χ4n) is 1.61. The Morgan fingerprint density at radius 3 is 2.56 bits per heavy atom. The molecular formula is C13H17FN2OS. The number of amides is 1. The first kappa shape index (κ1) is 14.6. The van der Waals surface area contributed by atoms with Crippen LogP contribution in [0.4, 0.5) is 4.39 Å². The summed E-state index contributed by atoms with van der Waals surface area (Å²) in [5.41, 5.74) is 6.37. The SMILES string of the molecule is CCCC(C(=O)NCc1ccc(F)cc1)C(N)=S. The lowest BCUT2D eigenvalue weighted by Gasteiger charge is -2.14. The number of carbonyl (C=O) groups is 1. The molecule has 0 bridgehead atoms. The van der Waals surface area contributed by atoms with Crippen LogP contribution in [-0.2, 0) is 11.3 Å². The van der Waals surface area contributed by atoms with Gasteiger partial charge in [-0.15, -0.1) is 0 Å². The van der Waals surface area contributed by atoms with Crippen molar-refractivity contribution in [1.82, 2.24) is 5.32 Å². The van der Waals surface area contributed by atoms with Crippen LogP contribution in [0.2, 0.25) is 0 Å². The van der Waals surface area contributed by atoms with Crippen LogP contribution in [0.25, 0.3) is 0 Å². The Bertz CT molecular complexity index is 420. The normalized spacial score (nSPS) is 11.9. The summed E-state index contributed by atoms with van der Waals surface area (Å²) in [4.78, 5) is 12.1. The van der Waals surface area contributed by atoms with E-state index in [0.29, 0.717) is 13.0 Å². The van der Waals surface area contributed by atoms with Crippen LogP contribution < -0.4 is 11.1 Å². The molecule has 3 N–H and O–H groups in total. The molecule has 98 valence electrons. The van der Waals surface area contributed by atoms with Crippen molar-refractivity contribution in [2.24, 2.45) is 11.7 Å². The minimum atomic E-state index is -0.426. The van der Waals surface area contributed by atoms with Crippen LogP contribution in [0.3, 0.4) is 0 Å². The van der Waals surface area contributed by atoms with Gasteiger partial charge in [0.2, 0.25) is 5.91 Å². The van der Waals surface area contributed by atoms with Crippen LogP contribution in [0, 0.1) is 11.7 Å². The highest BCUT2D eigenvalue weighted by Crippen LogP contribution is 2.08. The second-order valence-electron chi connectivity index (χ2n) is 4.09. The molecular weight excluding hydrogens is 251 g/mol. The van der Waals surface area contributed by atoms with Crippen molar-refractivity contribution in [3.05, 3.63) is 35.6 Å². The van der Waals surface area contributed by atoms with Crippen molar-refractivity contribution in [1.29, 1.82) is 0 Å². The van der Waals surface area contributed by atoms with E-state index in [1.807, 2.05) is 6.92 Å². The summed E-state index contributed by atoms with van der Waals surface area (Å²) in [6.45, 7) is 2.32. The molecule has 0 spiro atoms. The van der Waals surface area contributed by atoms with Crippen molar-refractivity contribution < 1.29 is 9.18 Å². The van der Waals surface area contributed by atoms with Gasteiger partial charge in [0.05, 0.1) is 10.9 Å². The van der Waals surface area contributed by atoms with Crippen LogP contribution in [0.5, 0.6) is 0 Å². The molecule has 1 amide bonds. The van der Waals surface area contributed by atoms with Gasteiger partial charge in [-0.05, 0) is 24.1 Å². The van der Waals surface area contributed by atoms with Crippen molar-refractivity contribution in [3.63, 3.8) is 0 Å². The molecule has 0 aromatic heterocycles. The zero-order valence-electron chi connectivity index (χ0n) is 10.3. The van der Waals surface area contributed by atoms with E-state index < -0.39 is 5.92 Å². The first-order valence-electron chi connectivity index (χ1n) is 5.86. The molecule has 1 unspecified atom stereocenters. The van der Waals surface area contributed by atoms with E-state index in [1.165, 1.54) is 12.1 Å². The molecule has 5 heteroatoms. The number of carbonyl (C=O) groups excluding carboxylic acids is 1. The van der Waals surface area contributed by atoms with Gasteiger partial charge >= 0.3 is 0 Å². The largest absolute Gasteiger partial charge is 0.393 e. The number of nitrogens with two attached hydrogens (primary N) is 1. The van der Waals surface area contributed by atoms with Crippen molar-refractivity contribution >= 4 is 23.1 Å². The van der Waals surface area contributed by atoms with Crippen LogP contribution >= 0.6 is 12.2 Å². The molecule has 0 aliphatic heterocycles. The maximum absolute atomic E-state index is 12.7. The second kappa shape index (κ2) is 7.06. The first-order valence-corrected chi connectivity index (χ1v) is 6.27.